The van der Waals surface area contributed by atoms with Crippen molar-refractivity contribution < 1.29 is 56.7 Å². The number of unbranched alkanes of at least 4 members (excludes halogenated alkanes) is 1. The number of nitrogens with one attached hydrogen (secondary N) is 1. The average molecular weight is 894 g/mol. The van der Waals surface area contributed by atoms with E-state index in [1.54, 1.807) is 24.3 Å². The highest BCUT2D eigenvalue weighted by molar-refractivity contribution is 8.23. The standard InChI is InChI=1S/C38H60N3O11PS4/c1-36(28-57-33(56)29-12-8-7-9-13-29,34(45)50-23-24-52-53(47,48)51-22-20-41(4,5)6)26-38(3,37(2,27-39)18-16-32(43)44)35(46)49-21-19-40-31(42)15-11-10-14-30(55)17-25-54/h7-9,12-13,30H,10-11,14-26,28H2,1-6H3,(H4-,40,42,43,44,47,48,54,55). The summed E-state index contributed by atoms with van der Waals surface area (Å²) in [7, 11) is 0.891. The fourth-order valence-corrected chi connectivity index (χ4v) is 8.40. The number of carboxylic acids is 1. The first-order valence-electron chi connectivity index (χ1n) is 18.7. The number of quaternary nitrogens is 1. The Morgan fingerprint density at radius 3 is 2.23 bits per heavy atom. The van der Waals surface area contributed by atoms with Gasteiger partial charge < -0.3 is 38.3 Å². The molecule has 0 saturated heterocycles. The fourth-order valence-electron chi connectivity index (χ4n) is 5.61. The summed E-state index contributed by atoms with van der Waals surface area (Å²) >= 11 is 15.5. The second-order valence-corrected chi connectivity index (χ2v) is 19.8. The number of phosphoric acid groups is 1. The summed E-state index contributed by atoms with van der Waals surface area (Å²) in [6.07, 6.45) is 2.42. The highest BCUT2D eigenvalue weighted by Crippen LogP contribution is 2.51. The summed E-state index contributed by atoms with van der Waals surface area (Å²) in [4.78, 5) is 64.6. The van der Waals surface area contributed by atoms with Crippen LogP contribution in [0.4, 0.5) is 0 Å². The van der Waals surface area contributed by atoms with E-state index >= 15 is 0 Å². The monoisotopic (exact) mass is 893 g/mol. The van der Waals surface area contributed by atoms with Crippen LogP contribution in [0.5, 0.6) is 0 Å². The third-order valence-corrected chi connectivity index (χ3v) is 13.1. The van der Waals surface area contributed by atoms with Gasteiger partial charge in [-0.25, -0.2) is 0 Å². The summed E-state index contributed by atoms with van der Waals surface area (Å²) in [5, 5.41) is 23.0. The predicted molar refractivity (Wildman–Crippen MR) is 229 cm³/mol. The number of esters is 2. The Morgan fingerprint density at radius 2 is 1.63 bits per heavy atom. The molecule has 0 aliphatic rings. The normalized spacial score (nSPS) is 16.4. The lowest BCUT2D eigenvalue weighted by Gasteiger charge is -2.44. The number of benzene rings is 1. The predicted octanol–water partition coefficient (Wildman–Crippen LogP) is 5.48. The number of likely N-dealkylation sites (N-methyl/N-ethyl adjacent to an activating group) is 1. The van der Waals surface area contributed by atoms with Gasteiger partial charge in [0.2, 0.25) is 5.91 Å². The van der Waals surface area contributed by atoms with Gasteiger partial charge in [-0.15, -0.1) is 11.8 Å². The number of carbonyl (C=O) groups is 4. The first-order valence-corrected chi connectivity index (χ1v) is 22.7. The molecule has 0 radical (unpaired) electrons. The van der Waals surface area contributed by atoms with Crippen LogP contribution in [-0.4, -0.2) is 115 Å². The number of thioether (sulfide) groups is 1. The number of nitriles is 1. The maximum atomic E-state index is 14.1. The molecule has 57 heavy (non-hydrogen) atoms. The number of hydrogen-bond donors (Lipinski definition) is 4. The lowest BCUT2D eigenvalue weighted by Crippen LogP contribution is -2.50. The van der Waals surface area contributed by atoms with Crippen molar-refractivity contribution in [2.24, 2.45) is 16.2 Å². The maximum Gasteiger partial charge on any atom is 0.313 e. The molecule has 5 atom stereocenters. The molecule has 0 saturated carbocycles. The molecule has 5 unspecified atom stereocenters. The van der Waals surface area contributed by atoms with Gasteiger partial charge in [0.05, 0.1) is 60.8 Å². The Hall–Kier alpha value is -2.20. The number of aliphatic carboxylic acids is 1. The number of carbonyl (C=O) groups excluding carboxylic acids is 3. The van der Waals surface area contributed by atoms with Crippen LogP contribution in [0.3, 0.4) is 0 Å². The quantitative estimate of drug-likeness (QED) is 0.0197. The number of ether oxygens (including phenoxy) is 2. The smallest absolute Gasteiger partial charge is 0.313 e. The molecule has 1 rings (SSSR count). The number of carboxylic acid groups (broad SMARTS) is 1. The fraction of sp³-hybridized carbons (Fsp3) is 0.684. The Balaban J connectivity index is 3.26. The van der Waals surface area contributed by atoms with E-state index in [0.29, 0.717) is 27.2 Å². The second-order valence-electron chi connectivity index (χ2n) is 15.5. The van der Waals surface area contributed by atoms with Gasteiger partial charge in [-0.2, -0.15) is 30.5 Å². The number of rotatable bonds is 29. The SMILES string of the molecule is CC(CSC(=S)c1ccccc1)(CC(C)(C(=O)OCCNC(=O)CCCCC(S)CCS)C(C)(C#N)CCC(=O)O)C(=O)OCCOP(=O)([O-])OCC[N+](C)(C)C. The molecule has 1 aromatic rings. The average Bonchev–Trinajstić information content (AvgIpc) is 3.14. The highest BCUT2D eigenvalue weighted by atomic mass is 32.2. The van der Waals surface area contributed by atoms with Crippen LogP contribution >= 0.6 is 57.1 Å². The summed E-state index contributed by atoms with van der Waals surface area (Å²) < 4.78 is 34.2. The molecule has 0 aliphatic heterocycles. The minimum atomic E-state index is -4.71. The lowest BCUT2D eigenvalue weighted by atomic mass is 9.58. The van der Waals surface area contributed by atoms with Crippen LogP contribution in [0.2, 0.25) is 0 Å². The number of amides is 1. The number of nitrogens with zero attached hydrogens (tertiary/aromatic N) is 2. The molecule has 0 aromatic heterocycles. The highest BCUT2D eigenvalue weighted by Gasteiger charge is 2.56. The van der Waals surface area contributed by atoms with Crippen molar-refractivity contribution in [3.63, 3.8) is 0 Å². The van der Waals surface area contributed by atoms with Crippen LogP contribution in [-0.2, 0) is 42.3 Å². The molecule has 0 fully saturated rings. The van der Waals surface area contributed by atoms with Crippen LogP contribution in [0.25, 0.3) is 0 Å². The van der Waals surface area contributed by atoms with Crippen molar-refractivity contribution in [1.82, 2.24) is 5.32 Å². The Kier molecular flexibility index (Phi) is 23.6. The van der Waals surface area contributed by atoms with Crippen molar-refractivity contribution in [3.8, 4) is 6.07 Å². The largest absolute Gasteiger partial charge is 0.756 e. The first-order chi connectivity index (χ1) is 26.5. The molecule has 322 valence electrons. The number of thiocarbonyl (C=S) groups is 1. The summed E-state index contributed by atoms with van der Waals surface area (Å²) in [5.74, 6) is -2.45. The van der Waals surface area contributed by atoms with Crippen molar-refractivity contribution in [3.05, 3.63) is 35.9 Å². The maximum absolute atomic E-state index is 14.1. The van der Waals surface area contributed by atoms with E-state index in [0.717, 1.165) is 36.8 Å². The minimum absolute atomic E-state index is 0.0168. The minimum Gasteiger partial charge on any atom is -0.756 e. The van der Waals surface area contributed by atoms with Crippen molar-refractivity contribution in [2.45, 2.75) is 77.4 Å². The van der Waals surface area contributed by atoms with Crippen LogP contribution in [0.1, 0.15) is 77.7 Å². The van der Waals surface area contributed by atoms with Gasteiger partial charge in [0.15, 0.2) is 0 Å². The van der Waals surface area contributed by atoms with E-state index in [9.17, 15) is 39.0 Å². The third-order valence-electron chi connectivity index (χ3n) is 9.41. The Morgan fingerprint density at radius 1 is 1.00 bits per heavy atom. The van der Waals surface area contributed by atoms with Crippen LogP contribution in [0.15, 0.2) is 30.3 Å². The molecule has 1 aromatic carbocycles. The summed E-state index contributed by atoms with van der Waals surface area (Å²) in [6.45, 7) is 3.38. The van der Waals surface area contributed by atoms with Crippen LogP contribution < -0.4 is 10.2 Å². The van der Waals surface area contributed by atoms with Crippen molar-refractivity contribution >= 4 is 85.1 Å². The molecule has 1 amide bonds. The molecular weight excluding hydrogens is 834 g/mol. The molecule has 0 aliphatic carbocycles. The number of thiol groups is 2. The van der Waals surface area contributed by atoms with Gasteiger partial charge in [-0.05, 0) is 64.2 Å². The molecular formula is C38H60N3O11PS4. The van der Waals surface area contributed by atoms with Gasteiger partial charge in [0.25, 0.3) is 7.82 Å². The van der Waals surface area contributed by atoms with Gasteiger partial charge in [0, 0.05) is 23.8 Å². The zero-order valence-electron chi connectivity index (χ0n) is 33.9. The molecule has 0 spiro atoms. The van der Waals surface area contributed by atoms with Gasteiger partial charge in [0.1, 0.15) is 26.4 Å². The van der Waals surface area contributed by atoms with Crippen molar-refractivity contribution in [1.29, 1.82) is 5.26 Å². The second kappa shape index (κ2) is 25.4. The zero-order valence-corrected chi connectivity index (χ0v) is 38.2. The van der Waals surface area contributed by atoms with Crippen molar-refractivity contribution in [2.75, 3.05) is 72.2 Å². The number of hydrogen-bond acceptors (Lipinski definition) is 15. The van der Waals surface area contributed by atoms with E-state index in [2.05, 4.69) is 36.6 Å². The zero-order chi connectivity index (χ0) is 43.3. The topological polar surface area (TPSA) is 201 Å². The molecule has 0 heterocycles. The number of phosphoric ester groups is 1. The van der Waals surface area contributed by atoms with E-state index in [-0.39, 0.29) is 55.9 Å². The van der Waals surface area contributed by atoms with Gasteiger partial charge >= 0.3 is 17.9 Å². The van der Waals surface area contributed by atoms with E-state index in [1.807, 2.05) is 27.2 Å². The van der Waals surface area contributed by atoms with E-state index < -0.39 is 61.6 Å². The summed E-state index contributed by atoms with van der Waals surface area (Å²) in [5.41, 5.74) is -4.34. The Labute approximate surface area is 358 Å². The van der Waals surface area contributed by atoms with E-state index in [4.69, 9.17) is 30.7 Å². The van der Waals surface area contributed by atoms with Crippen LogP contribution in [0, 0.1) is 27.6 Å². The molecule has 2 N–H and O–H groups in total. The molecule has 19 heteroatoms. The van der Waals surface area contributed by atoms with Gasteiger partial charge in [-0.1, -0.05) is 49.0 Å². The lowest BCUT2D eigenvalue weighted by molar-refractivity contribution is -0.870. The molecule has 0 bridgehead atoms. The Bertz CT molecular complexity index is 1560. The third kappa shape index (κ3) is 20.1. The van der Waals surface area contributed by atoms with Gasteiger partial charge in [-0.3, -0.25) is 23.7 Å². The first kappa shape index (κ1) is 52.8. The molecule has 14 nitrogen and oxygen atoms in total. The summed E-state index contributed by atoms with van der Waals surface area (Å²) in [6, 6.07) is 11.2. The van der Waals surface area contributed by atoms with E-state index in [1.165, 1.54) is 20.8 Å².